The van der Waals surface area contributed by atoms with Crippen LogP contribution in [-0.4, -0.2) is 123 Å². The van der Waals surface area contributed by atoms with E-state index < -0.39 is 102 Å². The van der Waals surface area contributed by atoms with Crippen LogP contribution in [0.4, 0.5) is 30.2 Å². The highest BCUT2D eigenvalue weighted by atomic mass is 19.2. The molecular formula is C105H144F3N3O10. The second-order valence-electron chi connectivity index (χ2n) is 43.2. The summed E-state index contributed by atoms with van der Waals surface area (Å²) in [5.74, 6) is -3.17. The van der Waals surface area contributed by atoms with Crippen LogP contribution < -0.4 is 0 Å². The topological polar surface area (TPSA) is 227 Å². The van der Waals surface area contributed by atoms with Gasteiger partial charge in [-0.15, -0.1) is 0 Å². The van der Waals surface area contributed by atoms with Gasteiger partial charge in [0, 0.05) is 81.5 Å². The van der Waals surface area contributed by atoms with Crippen molar-refractivity contribution in [3.63, 3.8) is 0 Å². The number of benzene rings is 3. The number of hydrogen-bond donors (Lipinski definition) is 6. The van der Waals surface area contributed by atoms with Crippen LogP contribution in [0.15, 0.2) is 159 Å². The Balaban J connectivity index is 0.000000166. The zero-order chi connectivity index (χ0) is 88.1. The number of carbonyl (C=O) groups is 4. The first-order valence-electron chi connectivity index (χ1n) is 45.5. The number of ketones is 4. The van der Waals surface area contributed by atoms with Crippen molar-refractivity contribution in [2.75, 3.05) is 0 Å². The number of nitrogens with zero attached hydrogens (tertiary/aromatic N) is 3. The first kappa shape index (κ1) is 93.5. The van der Waals surface area contributed by atoms with Crippen molar-refractivity contribution in [2.24, 2.45) is 106 Å². The zero-order valence-electron chi connectivity index (χ0n) is 75.8. The third kappa shape index (κ3) is 14.3. The number of hydrogen-bond acceptors (Lipinski definition) is 13. The van der Waals surface area contributed by atoms with Crippen molar-refractivity contribution in [2.45, 2.75) is 338 Å². The summed E-state index contributed by atoms with van der Waals surface area (Å²) in [5.41, 5.74) is -4.64. The molecule has 13 nitrogen and oxygen atoms in total. The van der Waals surface area contributed by atoms with Crippen molar-refractivity contribution in [3.8, 4) is 0 Å². The molecule has 6 N–H and O–H groups in total. The Hall–Kier alpha value is -6.66. The number of aliphatic hydroxyl groups is 6. The summed E-state index contributed by atoms with van der Waals surface area (Å²) in [4.78, 5) is 66.3. The number of carbonyl (C=O) groups excluding carboxylic acids is 4. The zero-order valence-corrected chi connectivity index (χ0v) is 75.8. The Morgan fingerprint density at radius 3 is 1.00 bits per heavy atom. The maximum atomic E-state index is 17.6. The Morgan fingerprint density at radius 2 is 0.727 bits per heavy atom. The lowest BCUT2D eigenvalue weighted by Gasteiger charge is -2.62. The van der Waals surface area contributed by atoms with Crippen LogP contribution in [0, 0.1) is 91.2 Å². The first-order chi connectivity index (χ1) is 55.8. The summed E-state index contributed by atoms with van der Waals surface area (Å²) in [6, 6.07) is 24.0. The summed E-state index contributed by atoms with van der Waals surface area (Å²) in [6.45, 7) is 42.2. The van der Waals surface area contributed by atoms with Crippen molar-refractivity contribution in [1.29, 1.82) is 0 Å². The van der Waals surface area contributed by atoms with E-state index in [2.05, 4.69) is 86.6 Å². The molecule has 12 aliphatic rings. The molecule has 660 valence electrons. The van der Waals surface area contributed by atoms with E-state index in [0.29, 0.717) is 75.5 Å². The van der Waals surface area contributed by atoms with Gasteiger partial charge in [0.1, 0.15) is 16.8 Å². The van der Waals surface area contributed by atoms with Crippen LogP contribution in [0.2, 0.25) is 0 Å². The molecule has 9 saturated carbocycles. The van der Waals surface area contributed by atoms with Crippen LogP contribution in [0.3, 0.4) is 0 Å². The van der Waals surface area contributed by atoms with Gasteiger partial charge in [-0.05, 0) is 265 Å². The lowest BCUT2D eigenvalue weighted by atomic mass is 9.44. The third-order valence-corrected chi connectivity index (χ3v) is 34.5. The largest absolute Gasteiger partial charge is 0.390 e. The summed E-state index contributed by atoms with van der Waals surface area (Å²) in [5, 5.41) is 70.1. The first-order valence-corrected chi connectivity index (χ1v) is 45.5. The fourth-order valence-corrected chi connectivity index (χ4v) is 26.8. The van der Waals surface area contributed by atoms with E-state index in [1.54, 1.807) is 20.8 Å². The van der Waals surface area contributed by atoms with Crippen LogP contribution in [0.1, 0.15) is 296 Å². The molecule has 0 unspecified atom stereocenters. The summed E-state index contributed by atoms with van der Waals surface area (Å²) >= 11 is 0. The van der Waals surface area contributed by atoms with E-state index in [4.69, 9.17) is 15.0 Å². The summed E-state index contributed by atoms with van der Waals surface area (Å²) in [6.07, 6.45) is 23.3. The Bertz CT molecular complexity index is 4790. The summed E-state index contributed by atoms with van der Waals surface area (Å²) in [7, 11) is 0. The molecular weight excluding hydrogens is 1520 g/mol. The van der Waals surface area contributed by atoms with Gasteiger partial charge in [0.15, 0.2) is 40.1 Å². The predicted octanol–water partition coefficient (Wildman–Crippen LogP) is 22.6. The van der Waals surface area contributed by atoms with Gasteiger partial charge in [0.2, 0.25) is 0 Å². The summed E-state index contributed by atoms with van der Waals surface area (Å²) < 4.78 is 52.8. The molecule has 3 aromatic carbocycles. The SMILES string of the molecule is C.CCC(=O)[C@@]1(O)[C@H](C)C[C@H]2[C@@H]3CCC4=CC(=Nc5ccc(C(=O)CCCC(C)(C)C)cc5)C=C[C@]4(C)[C@@]3(F)[C@@H](O)C[C@@]21C.CCC(=O)[C@@]1(O)[C@H](C)C[C@H]2[C@@H]3CCC4=CC(=Nc5ccc(C(C)(C)C)cc5)C=C[C@]4(C)[C@@]3(F)[C@@H](O)C[C@@]21C.CCC(=O)[C@@]1(O)[C@H](C)C[C@H]2[C@@H]3CCC4=CC(=Nc5ccc(C(C)(C)CC)cc5)C=C[C@]4(C)[C@@]3(F)[C@@H](O)C[C@@]21C. The number of aliphatic imine (C=N–C) groups is 3. The van der Waals surface area contributed by atoms with Gasteiger partial charge in [-0.2, -0.15) is 0 Å². The number of alkyl halides is 3. The standard InChI is InChI=1S/C37H50FNO4.C34H46FNO3.C33H44FNO3.CH4/c1-8-31(41)37(43)23(2)20-29-28-16-13-25-21-27(17-19-34(25,6)36(28,38)32(42)22-35(29,37)7)39-26-14-11-24(12-15-26)30(40)10-9-18-33(3,4)5;1-8-28(37)34(39)21(3)18-27-26-15-12-23-19-25(36-24-13-10-22(11-14-24)30(4,5)9-2)16-17-31(23,6)33(26,35)29(38)20-32(27,34)7;1-8-27(36)33(38)20(2)17-26-25-14-11-22-18-24(35-23-12-9-21(10-13-23)29(3,4)5)15-16-30(22,6)32(25,34)28(37)19-31(26,33)7;/h11-12,14-15,17,19,21,23,28-29,32,42-43H,8-10,13,16,18,20,22H2,1-7H3;10-11,13-14,16-17,19,21,26-27,29,38-39H,8-9,12,15,18,20H2,1-7H3;9-10,12-13,15-16,18,20,25-26,28,37-38H,8,11,14,17,19H2,1-7H3;1H4/t23-,28+,29+,32+,34+,35+,36+,37+;21-,26+,27+,29+,31+,32+,33+,34+;20-,25+,26+,28+,30+,31+,32+,33+;/m111./s1. The molecule has 15 rings (SSSR count). The normalized spacial score (nSPS) is 41.4. The molecule has 0 aliphatic heterocycles. The van der Waals surface area contributed by atoms with E-state index in [9.17, 15) is 49.8 Å². The van der Waals surface area contributed by atoms with Crippen molar-refractivity contribution >= 4 is 57.3 Å². The molecule has 0 saturated heterocycles. The minimum absolute atomic E-state index is 0. The van der Waals surface area contributed by atoms with Crippen LogP contribution >= 0.6 is 0 Å². The van der Waals surface area contributed by atoms with E-state index >= 15 is 13.2 Å². The molecule has 0 radical (unpaired) electrons. The molecule has 3 aromatic rings. The van der Waals surface area contributed by atoms with Gasteiger partial charge in [-0.3, -0.25) is 19.2 Å². The number of rotatable bonds is 15. The highest BCUT2D eigenvalue weighted by molar-refractivity contribution is 6.09. The predicted molar refractivity (Wildman–Crippen MR) is 481 cm³/mol. The maximum Gasteiger partial charge on any atom is 0.164 e. The van der Waals surface area contributed by atoms with Gasteiger partial charge < -0.3 is 30.6 Å². The molecule has 24 atom stereocenters. The van der Waals surface area contributed by atoms with Gasteiger partial charge in [0.05, 0.1) is 52.5 Å². The third-order valence-electron chi connectivity index (χ3n) is 34.5. The van der Waals surface area contributed by atoms with Gasteiger partial charge >= 0.3 is 0 Å². The Kier molecular flexibility index (Phi) is 25.0. The Labute approximate surface area is 721 Å². The van der Waals surface area contributed by atoms with Gasteiger partial charge in [-0.25, -0.2) is 28.1 Å². The van der Waals surface area contributed by atoms with Crippen LogP contribution in [0.5, 0.6) is 0 Å². The fraction of sp³-hybridized carbons (Fsp3) is 0.648. The number of allylic oxidation sites excluding steroid dienone is 12. The molecule has 0 spiro atoms. The van der Waals surface area contributed by atoms with Crippen LogP contribution in [-0.2, 0) is 25.2 Å². The minimum Gasteiger partial charge on any atom is -0.390 e. The molecule has 12 aliphatic carbocycles. The molecule has 0 amide bonds. The van der Waals surface area contributed by atoms with E-state index in [0.717, 1.165) is 64.5 Å². The van der Waals surface area contributed by atoms with Gasteiger partial charge in [-0.1, -0.05) is 191 Å². The van der Waals surface area contributed by atoms with E-state index in [-0.39, 0.29) is 121 Å². The molecule has 9 fully saturated rings. The fourth-order valence-electron chi connectivity index (χ4n) is 26.8. The number of halogens is 3. The molecule has 121 heavy (non-hydrogen) atoms. The lowest BCUT2D eigenvalue weighted by Crippen LogP contribution is -2.69. The second kappa shape index (κ2) is 32.3. The minimum atomic E-state index is -1.92. The van der Waals surface area contributed by atoms with Crippen molar-refractivity contribution in [1.82, 2.24) is 0 Å². The lowest BCUT2D eigenvalue weighted by molar-refractivity contribution is -0.218. The van der Waals surface area contributed by atoms with Crippen LogP contribution in [0.25, 0.3) is 0 Å². The average Bonchev–Trinajstić information content (AvgIpc) is 1.56. The van der Waals surface area contributed by atoms with Crippen molar-refractivity contribution in [3.05, 3.63) is 161 Å². The molecule has 0 aromatic heterocycles. The maximum absolute atomic E-state index is 17.6. The monoisotopic (exact) mass is 1660 g/mol. The smallest absolute Gasteiger partial charge is 0.164 e. The highest BCUT2D eigenvalue weighted by Crippen LogP contribution is 2.75. The van der Waals surface area contributed by atoms with Gasteiger partial charge in [0.25, 0.3) is 0 Å². The Morgan fingerprint density at radius 1 is 0.438 bits per heavy atom. The van der Waals surface area contributed by atoms with E-state index in [1.165, 1.54) is 11.1 Å². The number of aliphatic hydroxyl groups excluding tert-OH is 3. The number of Topliss-reactive ketones (excluding diaryl/α,β-unsaturated/α-hetero) is 4. The molecule has 16 heteroatoms. The number of fused-ring (bicyclic) bond motifs is 15. The average molecular weight is 1670 g/mol. The quantitative estimate of drug-likeness (QED) is 0.0789. The second-order valence-corrected chi connectivity index (χ2v) is 43.2. The van der Waals surface area contributed by atoms with Crippen molar-refractivity contribution < 1.29 is 63.0 Å². The van der Waals surface area contributed by atoms with E-state index in [1.807, 2.05) is 166 Å². The molecule has 0 bridgehead atoms. The highest BCUT2D eigenvalue weighted by Gasteiger charge is 2.79. The molecule has 0 heterocycles.